The Morgan fingerprint density at radius 2 is 1.45 bits per heavy atom. The number of hydrogen-bond acceptors (Lipinski definition) is 2. The summed E-state index contributed by atoms with van der Waals surface area (Å²) in [6.07, 6.45) is 8.91. The van der Waals surface area contributed by atoms with Gasteiger partial charge in [-0.3, -0.25) is 9.98 Å². The topological polar surface area (TPSA) is 41.0 Å². The lowest BCUT2D eigenvalue weighted by Crippen LogP contribution is -2.39. The predicted octanol–water partition coefficient (Wildman–Crippen LogP) is 4.44. The number of nitrogens with one attached hydrogen (secondary N) is 1. The Labute approximate surface area is 181 Å². The van der Waals surface area contributed by atoms with Gasteiger partial charge in [-0.05, 0) is 42.5 Å². The van der Waals surface area contributed by atoms with E-state index in [0.717, 1.165) is 17.6 Å². The molecule has 1 N–H and O–H groups in total. The van der Waals surface area contributed by atoms with Gasteiger partial charge in [-0.1, -0.05) is 42.5 Å². The number of rotatable bonds is 4. The van der Waals surface area contributed by atoms with Crippen LogP contribution in [0, 0.1) is 0 Å². The van der Waals surface area contributed by atoms with E-state index < -0.39 is 7.26 Å². The first-order valence-electron chi connectivity index (χ1n) is 10.5. The van der Waals surface area contributed by atoms with E-state index in [1.54, 1.807) is 0 Å². The Balaban J connectivity index is 1.84. The van der Waals surface area contributed by atoms with Gasteiger partial charge in [0.05, 0.1) is 6.20 Å². The molecule has 0 amide bonds. The summed E-state index contributed by atoms with van der Waals surface area (Å²) in [5.74, 6) is 0. The highest BCUT2D eigenvalue weighted by Crippen LogP contribution is 2.57. The number of fused-ring (bicyclic) bond motifs is 2. The molecule has 6 rings (SSSR count). The van der Waals surface area contributed by atoms with Crippen molar-refractivity contribution < 1.29 is 0 Å². The molecule has 0 bridgehead atoms. The molecule has 4 heteroatoms. The Kier molecular flexibility index (Phi) is 4.29. The van der Waals surface area contributed by atoms with Crippen LogP contribution in [-0.4, -0.2) is 16.2 Å². The smallest absolute Gasteiger partial charge is 0.154 e. The van der Waals surface area contributed by atoms with Gasteiger partial charge in [0.1, 0.15) is 28.9 Å². The molecule has 0 atom stereocenters. The maximum Gasteiger partial charge on any atom is 0.154 e. The third-order valence-electron chi connectivity index (χ3n) is 6.09. The van der Waals surface area contributed by atoms with Gasteiger partial charge >= 0.3 is 0 Å². The van der Waals surface area contributed by atoms with Crippen molar-refractivity contribution in [3.05, 3.63) is 109 Å². The van der Waals surface area contributed by atoms with Crippen molar-refractivity contribution in [2.45, 2.75) is 6.42 Å². The summed E-state index contributed by atoms with van der Waals surface area (Å²) in [5, 5.41) is 6.44. The molecule has 5 aromatic rings. The lowest BCUT2D eigenvalue weighted by atomic mass is 10.2. The number of aromatic amines is 1. The average molecular weight is 418 g/mol. The molecule has 0 aliphatic carbocycles. The van der Waals surface area contributed by atoms with Crippen molar-refractivity contribution in [3.8, 4) is 0 Å². The van der Waals surface area contributed by atoms with Crippen LogP contribution in [0.3, 0.4) is 0 Å². The molecule has 3 nitrogen and oxygen atoms in total. The minimum Gasteiger partial charge on any atom is -0.361 e. The lowest BCUT2D eigenvalue weighted by molar-refractivity contribution is 1.27. The van der Waals surface area contributed by atoms with E-state index >= 15 is 0 Å². The van der Waals surface area contributed by atoms with Gasteiger partial charge in [0, 0.05) is 41.5 Å². The summed E-state index contributed by atoms with van der Waals surface area (Å²) in [4.78, 5) is 13.0. The number of pyridine rings is 1. The Hall–Kier alpha value is -3.55. The van der Waals surface area contributed by atoms with Gasteiger partial charge in [-0.25, -0.2) is 0 Å². The molecular formula is C27H21N3P+. The number of aromatic nitrogens is 2. The van der Waals surface area contributed by atoms with Crippen molar-refractivity contribution in [3.63, 3.8) is 0 Å². The average Bonchev–Trinajstić information content (AvgIpc) is 3.51. The van der Waals surface area contributed by atoms with Crippen molar-refractivity contribution in [2.24, 2.45) is 4.99 Å². The van der Waals surface area contributed by atoms with Gasteiger partial charge in [-0.15, -0.1) is 0 Å². The van der Waals surface area contributed by atoms with Crippen LogP contribution in [0.25, 0.3) is 10.9 Å². The number of aliphatic imine (C=N–C) groups is 1. The second-order valence-corrected chi connectivity index (χ2v) is 11.1. The van der Waals surface area contributed by atoms with E-state index in [1.807, 2.05) is 18.6 Å². The van der Waals surface area contributed by atoms with Gasteiger partial charge in [-0.2, -0.15) is 0 Å². The van der Waals surface area contributed by atoms with E-state index in [-0.39, 0.29) is 0 Å². The molecule has 0 fully saturated rings. The molecule has 0 radical (unpaired) electrons. The fourth-order valence-corrected chi connectivity index (χ4v) is 9.30. The number of nitrogens with zero attached hydrogens (tertiary/aromatic N) is 2. The van der Waals surface area contributed by atoms with Crippen LogP contribution in [0.2, 0.25) is 0 Å². The molecule has 0 spiro atoms. The fourth-order valence-electron chi connectivity index (χ4n) is 4.76. The lowest BCUT2D eigenvalue weighted by Gasteiger charge is -2.28. The van der Waals surface area contributed by atoms with Crippen LogP contribution in [-0.2, 0) is 6.42 Å². The van der Waals surface area contributed by atoms with Crippen LogP contribution in [0.4, 0.5) is 5.69 Å². The molecule has 0 saturated heterocycles. The third kappa shape index (κ3) is 2.71. The zero-order valence-electron chi connectivity index (χ0n) is 16.9. The number of benzene rings is 3. The van der Waals surface area contributed by atoms with Gasteiger partial charge in [0.25, 0.3) is 0 Å². The van der Waals surface area contributed by atoms with E-state index in [4.69, 9.17) is 9.98 Å². The monoisotopic (exact) mass is 418 g/mol. The van der Waals surface area contributed by atoms with Crippen molar-refractivity contribution in [1.29, 1.82) is 0 Å². The summed E-state index contributed by atoms with van der Waals surface area (Å²) in [7, 11) is -2.26. The minimum absolute atomic E-state index is 0.841. The highest BCUT2D eigenvalue weighted by Gasteiger charge is 2.51. The van der Waals surface area contributed by atoms with Crippen LogP contribution >= 0.6 is 7.26 Å². The molecule has 31 heavy (non-hydrogen) atoms. The number of H-pyrrole nitrogens is 1. The molecule has 3 aromatic carbocycles. The summed E-state index contributed by atoms with van der Waals surface area (Å²) < 4.78 is 0. The second kappa shape index (κ2) is 7.30. The molecular weight excluding hydrogens is 397 g/mol. The summed E-state index contributed by atoms with van der Waals surface area (Å²) in [6, 6.07) is 30.6. The summed E-state index contributed by atoms with van der Waals surface area (Å²) >= 11 is 0. The standard InChI is InChI=1S/C27H21N3P/c1-3-8-21(9-4-1)31(22-10-5-2-6-11-22,25-13-7-12-24-23(25)15-17-29-24)26-19-28-18-20-14-16-30-27(20)26/h1-13,15-19,29H,14H2/q+1. The van der Waals surface area contributed by atoms with E-state index in [0.29, 0.717) is 0 Å². The van der Waals surface area contributed by atoms with Crippen LogP contribution in [0.5, 0.6) is 0 Å². The first-order chi connectivity index (χ1) is 15.4. The van der Waals surface area contributed by atoms with Crippen LogP contribution < -0.4 is 21.2 Å². The molecule has 2 aromatic heterocycles. The Bertz CT molecular complexity index is 1370. The number of hydrogen-bond donors (Lipinski definition) is 1. The normalized spacial score (nSPS) is 12.9. The van der Waals surface area contributed by atoms with E-state index in [2.05, 4.69) is 96.1 Å². The summed E-state index contributed by atoms with van der Waals surface area (Å²) in [6.45, 7) is 0. The summed E-state index contributed by atoms with van der Waals surface area (Å²) in [5.41, 5.74) is 3.44. The highest BCUT2D eigenvalue weighted by molar-refractivity contribution is 8.02. The predicted molar refractivity (Wildman–Crippen MR) is 133 cm³/mol. The Morgan fingerprint density at radius 3 is 2.19 bits per heavy atom. The second-order valence-electron chi connectivity index (χ2n) is 7.74. The maximum absolute atomic E-state index is 4.86. The zero-order valence-corrected chi connectivity index (χ0v) is 17.8. The third-order valence-corrected chi connectivity index (χ3v) is 10.4. The molecule has 1 aliphatic heterocycles. The van der Waals surface area contributed by atoms with Gasteiger partial charge in [0.15, 0.2) is 5.30 Å². The molecule has 3 heterocycles. The molecule has 1 aliphatic rings. The van der Waals surface area contributed by atoms with E-state index in [1.165, 1.54) is 32.2 Å². The van der Waals surface area contributed by atoms with E-state index in [9.17, 15) is 0 Å². The molecule has 148 valence electrons. The van der Waals surface area contributed by atoms with Crippen molar-refractivity contribution in [1.82, 2.24) is 9.97 Å². The van der Waals surface area contributed by atoms with Gasteiger partial charge in [0.2, 0.25) is 0 Å². The highest BCUT2D eigenvalue weighted by atomic mass is 31.2. The van der Waals surface area contributed by atoms with Crippen molar-refractivity contribution >= 4 is 51.3 Å². The fraction of sp³-hybridized carbons (Fsp3) is 0.0370. The SMILES string of the molecule is C1=Nc2c(cncc2[P+](c2ccccc2)(c2ccccc2)c2cccc3[nH]ccc23)C1. The van der Waals surface area contributed by atoms with Crippen LogP contribution in [0.1, 0.15) is 5.56 Å². The zero-order chi connectivity index (χ0) is 20.7. The quantitative estimate of drug-likeness (QED) is 0.431. The van der Waals surface area contributed by atoms with Gasteiger partial charge < -0.3 is 4.98 Å². The first-order valence-corrected chi connectivity index (χ1v) is 12.2. The minimum atomic E-state index is -2.26. The maximum atomic E-state index is 4.86. The Morgan fingerprint density at radius 1 is 0.710 bits per heavy atom. The van der Waals surface area contributed by atoms with Crippen LogP contribution in [0.15, 0.2) is 109 Å². The first kappa shape index (κ1) is 18.2. The largest absolute Gasteiger partial charge is 0.361 e. The van der Waals surface area contributed by atoms with Crippen molar-refractivity contribution in [2.75, 3.05) is 0 Å². The molecule has 0 unspecified atom stereocenters. The molecule has 0 saturated carbocycles.